The minimum absolute atomic E-state index is 0.662. The number of benzene rings is 1. The molecule has 0 spiro atoms. The number of methoxy groups -OCH3 is 1. The third-order valence-corrected chi connectivity index (χ3v) is 3.76. The molecule has 3 nitrogen and oxygen atoms in total. The summed E-state index contributed by atoms with van der Waals surface area (Å²) in [4.78, 5) is 0. The molecule has 0 bridgehead atoms. The molecular weight excluding hydrogens is 238 g/mol. The summed E-state index contributed by atoms with van der Waals surface area (Å²) in [6.45, 7) is 4.68. The molecule has 0 amide bonds. The second-order valence-corrected chi connectivity index (χ2v) is 5.20. The molecule has 0 unspecified atom stereocenters. The minimum Gasteiger partial charge on any atom is -0.493 e. The SMILES string of the molecule is CCOc1ccc(CNCC2CCCC2)cc1OC. The summed E-state index contributed by atoms with van der Waals surface area (Å²) in [7, 11) is 1.69. The predicted molar refractivity (Wildman–Crippen MR) is 77.8 cm³/mol. The van der Waals surface area contributed by atoms with Gasteiger partial charge in [-0.2, -0.15) is 0 Å². The maximum atomic E-state index is 5.52. The molecule has 1 N–H and O–H groups in total. The monoisotopic (exact) mass is 263 g/mol. The zero-order valence-corrected chi connectivity index (χ0v) is 12.1. The van der Waals surface area contributed by atoms with E-state index in [1.54, 1.807) is 7.11 Å². The van der Waals surface area contributed by atoms with Gasteiger partial charge >= 0.3 is 0 Å². The van der Waals surface area contributed by atoms with Crippen LogP contribution in [0.25, 0.3) is 0 Å². The Labute approximate surface area is 116 Å². The summed E-state index contributed by atoms with van der Waals surface area (Å²) in [5, 5.41) is 3.55. The van der Waals surface area contributed by atoms with Crippen LogP contribution < -0.4 is 14.8 Å². The van der Waals surface area contributed by atoms with E-state index < -0.39 is 0 Å². The second kappa shape index (κ2) is 7.39. The van der Waals surface area contributed by atoms with E-state index in [0.717, 1.165) is 30.5 Å². The molecule has 1 aromatic rings. The zero-order chi connectivity index (χ0) is 13.5. The van der Waals surface area contributed by atoms with Crippen LogP contribution in [0, 0.1) is 5.92 Å². The Balaban J connectivity index is 1.85. The smallest absolute Gasteiger partial charge is 0.161 e. The average molecular weight is 263 g/mol. The van der Waals surface area contributed by atoms with Crippen molar-refractivity contribution < 1.29 is 9.47 Å². The van der Waals surface area contributed by atoms with E-state index in [0.29, 0.717) is 6.61 Å². The first kappa shape index (κ1) is 14.2. The number of hydrogen-bond acceptors (Lipinski definition) is 3. The van der Waals surface area contributed by atoms with Crippen LogP contribution in [-0.2, 0) is 6.54 Å². The molecule has 0 atom stereocenters. The molecular formula is C16H25NO2. The lowest BCUT2D eigenvalue weighted by Gasteiger charge is -2.13. The van der Waals surface area contributed by atoms with Gasteiger partial charge in [0.2, 0.25) is 0 Å². The van der Waals surface area contributed by atoms with Gasteiger partial charge in [0.1, 0.15) is 0 Å². The quantitative estimate of drug-likeness (QED) is 0.818. The summed E-state index contributed by atoms with van der Waals surface area (Å²) in [5.41, 5.74) is 1.25. The van der Waals surface area contributed by atoms with E-state index in [9.17, 15) is 0 Å². The Bertz CT molecular complexity index is 386. The van der Waals surface area contributed by atoms with Gasteiger partial charge in [0, 0.05) is 6.54 Å². The molecule has 0 aliphatic heterocycles. The van der Waals surface area contributed by atoms with Gasteiger partial charge in [-0.3, -0.25) is 0 Å². The normalized spacial score (nSPS) is 15.7. The maximum absolute atomic E-state index is 5.52. The van der Waals surface area contributed by atoms with Crippen molar-refractivity contribution in [2.45, 2.75) is 39.2 Å². The van der Waals surface area contributed by atoms with Gasteiger partial charge in [0.05, 0.1) is 13.7 Å². The van der Waals surface area contributed by atoms with E-state index in [-0.39, 0.29) is 0 Å². The van der Waals surface area contributed by atoms with Crippen molar-refractivity contribution in [1.29, 1.82) is 0 Å². The maximum Gasteiger partial charge on any atom is 0.161 e. The van der Waals surface area contributed by atoms with Crippen molar-refractivity contribution in [3.63, 3.8) is 0 Å². The van der Waals surface area contributed by atoms with Crippen LogP contribution in [0.5, 0.6) is 11.5 Å². The Hall–Kier alpha value is -1.22. The third-order valence-electron chi connectivity index (χ3n) is 3.76. The number of ether oxygens (including phenoxy) is 2. The highest BCUT2D eigenvalue weighted by Gasteiger charge is 2.14. The number of rotatable bonds is 7. The predicted octanol–water partition coefficient (Wildman–Crippen LogP) is 3.37. The van der Waals surface area contributed by atoms with Crippen molar-refractivity contribution >= 4 is 0 Å². The highest BCUT2D eigenvalue weighted by atomic mass is 16.5. The van der Waals surface area contributed by atoms with Crippen LogP contribution in [0.15, 0.2) is 18.2 Å². The van der Waals surface area contributed by atoms with E-state index >= 15 is 0 Å². The molecule has 3 heteroatoms. The molecule has 0 heterocycles. The topological polar surface area (TPSA) is 30.5 Å². The second-order valence-electron chi connectivity index (χ2n) is 5.20. The van der Waals surface area contributed by atoms with Gasteiger partial charge in [-0.1, -0.05) is 18.9 Å². The summed E-state index contributed by atoms with van der Waals surface area (Å²) >= 11 is 0. The van der Waals surface area contributed by atoms with E-state index in [1.165, 1.54) is 31.2 Å². The molecule has 1 aliphatic rings. The molecule has 1 aliphatic carbocycles. The van der Waals surface area contributed by atoms with Gasteiger partial charge in [-0.15, -0.1) is 0 Å². The first-order chi connectivity index (χ1) is 9.33. The van der Waals surface area contributed by atoms with Crippen molar-refractivity contribution in [2.75, 3.05) is 20.3 Å². The van der Waals surface area contributed by atoms with Crippen LogP contribution in [-0.4, -0.2) is 20.3 Å². The Morgan fingerprint density at radius 3 is 2.68 bits per heavy atom. The largest absolute Gasteiger partial charge is 0.493 e. The Morgan fingerprint density at radius 1 is 1.21 bits per heavy atom. The summed E-state index contributed by atoms with van der Waals surface area (Å²) in [6.07, 6.45) is 5.59. The standard InChI is InChI=1S/C16H25NO2/c1-3-19-15-9-8-14(10-16(15)18-2)12-17-11-13-6-4-5-7-13/h8-10,13,17H,3-7,11-12H2,1-2H3. The number of hydrogen-bond donors (Lipinski definition) is 1. The van der Waals surface area contributed by atoms with E-state index in [4.69, 9.17) is 9.47 Å². The third kappa shape index (κ3) is 4.13. The molecule has 0 aromatic heterocycles. The lowest BCUT2D eigenvalue weighted by molar-refractivity contribution is 0.310. The summed E-state index contributed by atoms with van der Waals surface area (Å²) in [5.74, 6) is 2.52. The van der Waals surface area contributed by atoms with Gasteiger partial charge < -0.3 is 14.8 Å². The lowest BCUT2D eigenvalue weighted by atomic mass is 10.1. The van der Waals surface area contributed by atoms with Crippen LogP contribution >= 0.6 is 0 Å². The zero-order valence-electron chi connectivity index (χ0n) is 12.1. The Morgan fingerprint density at radius 2 is 2.00 bits per heavy atom. The van der Waals surface area contributed by atoms with Gasteiger partial charge in [-0.25, -0.2) is 0 Å². The number of nitrogens with one attached hydrogen (secondary N) is 1. The fraction of sp³-hybridized carbons (Fsp3) is 0.625. The average Bonchev–Trinajstić information content (AvgIpc) is 2.94. The minimum atomic E-state index is 0.662. The van der Waals surface area contributed by atoms with Crippen LogP contribution in [0.1, 0.15) is 38.2 Å². The van der Waals surface area contributed by atoms with Crippen LogP contribution in [0.2, 0.25) is 0 Å². The molecule has 1 aromatic carbocycles. The molecule has 2 rings (SSSR count). The van der Waals surface area contributed by atoms with Crippen LogP contribution in [0.4, 0.5) is 0 Å². The van der Waals surface area contributed by atoms with Crippen molar-refractivity contribution in [3.05, 3.63) is 23.8 Å². The van der Waals surface area contributed by atoms with Crippen molar-refractivity contribution in [1.82, 2.24) is 5.32 Å². The fourth-order valence-electron chi connectivity index (χ4n) is 2.73. The van der Waals surface area contributed by atoms with Crippen molar-refractivity contribution in [3.8, 4) is 11.5 Å². The lowest BCUT2D eigenvalue weighted by Crippen LogP contribution is -2.20. The van der Waals surface area contributed by atoms with Gasteiger partial charge in [0.15, 0.2) is 11.5 Å². The fourth-order valence-corrected chi connectivity index (χ4v) is 2.73. The molecule has 0 radical (unpaired) electrons. The first-order valence-electron chi connectivity index (χ1n) is 7.34. The molecule has 1 fully saturated rings. The molecule has 106 valence electrons. The van der Waals surface area contributed by atoms with E-state index in [1.807, 2.05) is 13.0 Å². The Kier molecular flexibility index (Phi) is 5.52. The van der Waals surface area contributed by atoms with Crippen molar-refractivity contribution in [2.24, 2.45) is 5.92 Å². The highest BCUT2D eigenvalue weighted by molar-refractivity contribution is 5.42. The summed E-state index contributed by atoms with van der Waals surface area (Å²) in [6, 6.07) is 6.16. The van der Waals surface area contributed by atoms with E-state index in [2.05, 4.69) is 17.4 Å². The highest BCUT2D eigenvalue weighted by Crippen LogP contribution is 2.28. The first-order valence-corrected chi connectivity index (χ1v) is 7.34. The van der Waals surface area contributed by atoms with Gasteiger partial charge in [-0.05, 0) is 49.9 Å². The molecule has 0 saturated heterocycles. The molecule has 1 saturated carbocycles. The van der Waals surface area contributed by atoms with Crippen LogP contribution in [0.3, 0.4) is 0 Å². The molecule has 19 heavy (non-hydrogen) atoms. The van der Waals surface area contributed by atoms with Gasteiger partial charge in [0.25, 0.3) is 0 Å². The summed E-state index contributed by atoms with van der Waals surface area (Å²) < 4.78 is 10.9.